The van der Waals surface area contributed by atoms with E-state index >= 15 is 0 Å². The predicted molar refractivity (Wildman–Crippen MR) is 76.0 cm³/mol. The van der Waals surface area contributed by atoms with Gasteiger partial charge in [0, 0.05) is 16.9 Å². The molecular formula is C14H13F3N2OS. The summed E-state index contributed by atoms with van der Waals surface area (Å²) < 4.78 is 38.0. The van der Waals surface area contributed by atoms with Crippen LogP contribution in [0.1, 0.15) is 19.4 Å². The van der Waals surface area contributed by atoms with Crippen LogP contribution < -0.4 is 5.32 Å². The van der Waals surface area contributed by atoms with Gasteiger partial charge in [-0.1, -0.05) is 26.0 Å². The first-order chi connectivity index (χ1) is 9.77. The van der Waals surface area contributed by atoms with Gasteiger partial charge in [-0.15, -0.1) is 11.3 Å². The number of benzene rings is 1. The largest absolute Gasteiger partial charge is 0.416 e. The SMILES string of the molecule is CC(C)C(=O)Nc1nc(-c2cccc(C(F)(F)F)c2)cs1. The van der Waals surface area contributed by atoms with E-state index < -0.39 is 11.7 Å². The number of rotatable bonds is 3. The lowest BCUT2D eigenvalue weighted by Crippen LogP contribution is -2.17. The van der Waals surface area contributed by atoms with Crippen LogP contribution in [0.2, 0.25) is 0 Å². The number of carbonyl (C=O) groups excluding carboxylic acids is 1. The lowest BCUT2D eigenvalue weighted by atomic mass is 10.1. The molecule has 1 heterocycles. The molecule has 0 aliphatic heterocycles. The molecule has 0 saturated heterocycles. The number of halogens is 3. The van der Waals surface area contributed by atoms with E-state index in [1.54, 1.807) is 25.3 Å². The third kappa shape index (κ3) is 3.81. The maximum atomic E-state index is 12.7. The highest BCUT2D eigenvalue weighted by molar-refractivity contribution is 7.14. The van der Waals surface area contributed by atoms with E-state index in [1.807, 2.05) is 0 Å². The summed E-state index contributed by atoms with van der Waals surface area (Å²) in [5, 5.41) is 4.62. The van der Waals surface area contributed by atoms with E-state index in [0.717, 1.165) is 12.1 Å². The Labute approximate surface area is 123 Å². The molecule has 1 amide bonds. The lowest BCUT2D eigenvalue weighted by Gasteiger charge is -2.07. The first-order valence-corrected chi connectivity index (χ1v) is 7.09. The zero-order valence-corrected chi connectivity index (χ0v) is 12.2. The summed E-state index contributed by atoms with van der Waals surface area (Å²) in [5.41, 5.74) is 0.0528. The Kier molecular flexibility index (Phi) is 4.32. The highest BCUT2D eigenvalue weighted by Gasteiger charge is 2.30. The second-order valence-electron chi connectivity index (χ2n) is 4.76. The number of carbonyl (C=O) groups is 1. The van der Waals surface area contributed by atoms with Gasteiger partial charge in [0.15, 0.2) is 5.13 Å². The number of aromatic nitrogens is 1. The number of thiazole rings is 1. The van der Waals surface area contributed by atoms with E-state index in [9.17, 15) is 18.0 Å². The molecular weight excluding hydrogens is 301 g/mol. The molecule has 2 rings (SSSR count). The Morgan fingerprint density at radius 2 is 2.05 bits per heavy atom. The highest BCUT2D eigenvalue weighted by atomic mass is 32.1. The van der Waals surface area contributed by atoms with Crippen LogP contribution in [0.3, 0.4) is 0 Å². The molecule has 7 heteroatoms. The van der Waals surface area contributed by atoms with Crippen LogP contribution in [0, 0.1) is 5.92 Å². The fourth-order valence-electron chi connectivity index (χ4n) is 1.57. The van der Waals surface area contributed by atoms with Crippen LogP contribution in [0.5, 0.6) is 0 Å². The maximum Gasteiger partial charge on any atom is 0.416 e. The van der Waals surface area contributed by atoms with Gasteiger partial charge in [0.1, 0.15) is 0 Å². The Morgan fingerprint density at radius 3 is 2.67 bits per heavy atom. The van der Waals surface area contributed by atoms with Gasteiger partial charge in [0.05, 0.1) is 11.3 Å². The van der Waals surface area contributed by atoms with Crippen molar-refractivity contribution in [1.82, 2.24) is 4.98 Å². The van der Waals surface area contributed by atoms with Gasteiger partial charge in [-0.2, -0.15) is 13.2 Å². The number of hydrogen-bond acceptors (Lipinski definition) is 3. The summed E-state index contributed by atoms with van der Waals surface area (Å²) in [6.45, 7) is 3.49. The Bertz CT molecular complexity index is 650. The smallest absolute Gasteiger partial charge is 0.302 e. The standard InChI is InChI=1S/C14H13F3N2OS/c1-8(2)12(20)19-13-18-11(7-21-13)9-4-3-5-10(6-9)14(15,16)17/h3-8H,1-2H3,(H,18,19,20). The third-order valence-corrected chi connectivity index (χ3v) is 3.50. The Hall–Kier alpha value is -1.89. The van der Waals surface area contributed by atoms with Crippen molar-refractivity contribution in [2.24, 2.45) is 5.92 Å². The quantitative estimate of drug-likeness (QED) is 0.911. The lowest BCUT2D eigenvalue weighted by molar-refractivity contribution is -0.137. The van der Waals surface area contributed by atoms with Gasteiger partial charge in [-0.05, 0) is 12.1 Å². The van der Waals surface area contributed by atoms with Crippen LogP contribution >= 0.6 is 11.3 Å². The minimum atomic E-state index is -4.39. The van der Waals surface area contributed by atoms with Crippen molar-refractivity contribution in [2.75, 3.05) is 5.32 Å². The number of hydrogen-bond donors (Lipinski definition) is 1. The fraction of sp³-hybridized carbons (Fsp3) is 0.286. The van der Waals surface area contributed by atoms with Gasteiger partial charge in [-0.25, -0.2) is 4.98 Å². The number of nitrogens with zero attached hydrogens (tertiary/aromatic N) is 1. The van der Waals surface area contributed by atoms with E-state index in [1.165, 1.54) is 17.4 Å². The number of alkyl halides is 3. The molecule has 0 saturated carbocycles. The molecule has 0 fully saturated rings. The summed E-state index contributed by atoms with van der Waals surface area (Å²) in [6, 6.07) is 4.95. The molecule has 112 valence electrons. The first-order valence-electron chi connectivity index (χ1n) is 6.21. The van der Waals surface area contributed by atoms with Crippen LogP contribution in [-0.4, -0.2) is 10.9 Å². The zero-order chi connectivity index (χ0) is 15.6. The number of nitrogens with one attached hydrogen (secondary N) is 1. The molecule has 0 unspecified atom stereocenters. The first kappa shape index (κ1) is 15.5. The molecule has 1 aromatic heterocycles. The van der Waals surface area contributed by atoms with Crippen LogP contribution in [0.4, 0.5) is 18.3 Å². The predicted octanol–water partition coefficient (Wildman–Crippen LogP) is 4.42. The minimum Gasteiger partial charge on any atom is -0.302 e. The zero-order valence-electron chi connectivity index (χ0n) is 11.4. The number of amides is 1. The third-order valence-electron chi connectivity index (χ3n) is 2.74. The van der Waals surface area contributed by atoms with Gasteiger partial charge in [0.2, 0.25) is 5.91 Å². The molecule has 1 aromatic carbocycles. The Balaban J connectivity index is 2.24. The van der Waals surface area contributed by atoms with Crippen molar-refractivity contribution in [3.63, 3.8) is 0 Å². The van der Waals surface area contributed by atoms with Gasteiger partial charge in [-0.3, -0.25) is 4.79 Å². The normalized spacial score (nSPS) is 11.7. The van der Waals surface area contributed by atoms with Gasteiger partial charge in [0.25, 0.3) is 0 Å². The van der Waals surface area contributed by atoms with Crippen molar-refractivity contribution in [3.05, 3.63) is 35.2 Å². The van der Waals surface area contributed by atoms with Crippen molar-refractivity contribution < 1.29 is 18.0 Å². The summed E-state index contributed by atoms with van der Waals surface area (Å²) in [5.74, 6) is -0.370. The highest BCUT2D eigenvalue weighted by Crippen LogP contribution is 2.33. The van der Waals surface area contributed by atoms with Crippen molar-refractivity contribution in [2.45, 2.75) is 20.0 Å². The molecule has 2 aromatic rings. The molecule has 1 N–H and O–H groups in total. The minimum absolute atomic E-state index is 0.181. The van der Waals surface area contributed by atoms with Crippen molar-refractivity contribution in [3.8, 4) is 11.3 Å². The topological polar surface area (TPSA) is 42.0 Å². The molecule has 0 atom stereocenters. The molecule has 21 heavy (non-hydrogen) atoms. The average Bonchev–Trinajstić information content (AvgIpc) is 2.86. The van der Waals surface area contributed by atoms with E-state index in [0.29, 0.717) is 16.4 Å². The Morgan fingerprint density at radius 1 is 1.33 bits per heavy atom. The molecule has 3 nitrogen and oxygen atoms in total. The summed E-state index contributed by atoms with van der Waals surface area (Å²) in [4.78, 5) is 15.7. The molecule has 0 radical (unpaired) electrons. The summed E-state index contributed by atoms with van der Waals surface area (Å²) in [6.07, 6.45) is -4.39. The molecule has 0 aliphatic carbocycles. The van der Waals surface area contributed by atoms with Crippen LogP contribution in [0.25, 0.3) is 11.3 Å². The van der Waals surface area contributed by atoms with E-state index in [4.69, 9.17) is 0 Å². The van der Waals surface area contributed by atoms with E-state index in [2.05, 4.69) is 10.3 Å². The van der Waals surface area contributed by atoms with Crippen LogP contribution in [0.15, 0.2) is 29.6 Å². The fourth-order valence-corrected chi connectivity index (χ4v) is 2.29. The maximum absolute atomic E-state index is 12.7. The van der Waals surface area contributed by atoms with Crippen LogP contribution in [-0.2, 0) is 11.0 Å². The monoisotopic (exact) mass is 314 g/mol. The van der Waals surface area contributed by atoms with E-state index in [-0.39, 0.29) is 11.8 Å². The summed E-state index contributed by atoms with van der Waals surface area (Å²) in [7, 11) is 0. The molecule has 0 bridgehead atoms. The van der Waals surface area contributed by atoms with Gasteiger partial charge >= 0.3 is 6.18 Å². The van der Waals surface area contributed by atoms with Crippen molar-refractivity contribution in [1.29, 1.82) is 0 Å². The second kappa shape index (κ2) is 5.85. The molecule has 0 spiro atoms. The summed E-state index contributed by atoms with van der Waals surface area (Å²) >= 11 is 1.18. The van der Waals surface area contributed by atoms with Gasteiger partial charge < -0.3 is 5.32 Å². The van der Waals surface area contributed by atoms with Crippen molar-refractivity contribution >= 4 is 22.4 Å². The second-order valence-corrected chi connectivity index (χ2v) is 5.62. The average molecular weight is 314 g/mol. The molecule has 0 aliphatic rings. The number of anilines is 1.